The van der Waals surface area contributed by atoms with Crippen molar-refractivity contribution in [2.75, 3.05) is 5.32 Å². The number of thiocarbonyl (C=S) groups is 1. The molecule has 1 aromatic rings. The number of hydrogen-bond acceptors (Lipinski definition) is 2. The first-order valence-corrected chi connectivity index (χ1v) is 5.60. The summed E-state index contributed by atoms with van der Waals surface area (Å²) in [4.78, 5) is 11.4. The lowest BCUT2D eigenvalue weighted by Gasteiger charge is -2.05. The molecule has 0 unspecified atom stereocenters. The molecule has 0 radical (unpaired) electrons. The predicted octanol–water partition coefficient (Wildman–Crippen LogP) is 2.72. The summed E-state index contributed by atoms with van der Waals surface area (Å²) in [6.45, 7) is 0. The summed E-state index contributed by atoms with van der Waals surface area (Å²) >= 11 is 13.7. The lowest BCUT2D eigenvalue weighted by atomic mass is 10.3. The minimum absolute atomic E-state index is 0.0308. The summed E-state index contributed by atoms with van der Waals surface area (Å²) in [6, 6.07) is 5.12. The van der Waals surface area contributed by atoms with Crippen molar-refractivity contribution >= 4 is 56.3 Å². The van der Waals surface area contributed by atoms with Crippen molar-refractivity contribution in [1.29, 1.82) is 0 Å². The fourth-order valence-corrected chi connectivity index (χ4v) is 1.50. The van der Waals surface area contributed by atoms with E-state index >= 15 is 0 Å². The highest BCUT2D eigenvalue weighted by atomic mass is 79.9. The first-order valence-electron chi connectivity index (χ1n) is 4.02. The Kier molecular flexibility index (Phi) is 4.50. The van der Waals surface area contributed by atoms with E-state index in [2.05, 4.69) is 33.5 Å². The number of hydrogen-bond donors (Lipinski definition) is 2. The van der Waals surface area contributed by atoms with Gasteiger partial charge in [0.25, 0.3) is 0 Å². The topological polar surface area (TPSA) is 55.1 Å². The molecule has 1 aromatic carbocycles. The molecule has 0 fully saturated rings. The molecule has 15 heavy (non-hydrogen) atoms. The highest BCUT2D eigenvalue weighted by Gasteiger charge is 2.05. The summed E-state index contributed by atoms with van der Waals surface area (Å²) in [7, 11) is 0. The highest BCUT2D eigenvalue weighted by molar-refractivity contribution is 9.10. The van der Waals surface area contributed by atoms with Crippen molar-refractivity contribution in [1.82, 2.24) is 0 Å². The van der Waals surface area contributed by atoms with E-state index in [1.54, 1.807) is 18.2 Å². The van der Waals surface area contributed by atoms with Gasteiger partial charge in [0.05, 0.1) is 16.4 Å². The molecule has 3 N–H and O–H groups in total. The third-order valence-electron chi connectivity index (χ3n) is 1.54. The van der Waals surface area contributed by atoms with Gasteiger partial charge in [-0.15, -0.1) is 0 Å². The summed E-state index contributed by atoms with van der Waals surface area (Å²) in [6.07, 6.45) is 0.0308. The van der Waals surface area contributed by atoms with E-state index in [0.717, 1.165) is 4.47 Å². The Morgan fingerprint density at radius 1 is 1.60 bits per heavy atom. The number of nitrogens with one attached hydrogen (secondary N) is 1. The number of nitrogens with two attached hydrogens (primary N) is 1. The number of rotatable bonds is 3. The summed E-state index contributed by atoms with van der Waals surface area (Å²) in [5.41, 5.74) is 5.85. The predicted molar refractivity (Wildman–Crippen MR) is 69.2 cm³/mol. The smallest absolute Gasteiger partial charge is 0.231 e. The molecule has 0 saturated heterocycles. The third kappa shape index (κ3) is 4.15. The normalized spacial score (nSPS) is 9.73. The van der Waals surface area contributed by atoms with Gasteiger partial charge in [0.2, 0.25) is 5.91 Å². The van der Waals surface area contributed by atoms with Crippen LogP contribution in [0.1, 0.15) is 6.42 Å². The lowest BCUT2D eigenvalue weighted by molar-refractivity contribution is -0.115. The van der Waals surface area contributed by atoms with Gasteiger partial charge in [-0.05, 0) is 34.1 Å². The Morgan fingerprint density at radius 2 is 2.27 bits per heavy atom. The summed E-state index contributed by atoms with van der Waals surface area (Å²) < 4.78 is 0.775. The highest BCUT2D eigenvalue weighted by Crippen LogP contribution is 2.25. The van der Waals surface area contributed by atoms with Gasteiger partial charge in [0.1, 0.15) is 0 Å². The molecule has 1 amide bonds. The zero-order chi connectivity index (χ0) is 11.4. The van der Waals surface area contributed by atoms with E-state index in [9.17, 15) is 4.79 Å². The molecular weight excluding hydrogens is 300 g/mol. The molecule has 1 rings (SSSR count). The van der Waals surface area contributed by atoms with Crippen molar-refractivity contribution in [3.05, 3.63) is 27.7 Å². The van der Waals surface area contributed by atoms with Crippen LogP contribution < -0.4 is 11.1 Å². The van der Waals surface area contributed by atoms with Gasteiger partial charge in [0, 0.05) is 10.2 Å². The Bertz CT molecular complexity index is 411. The molecule has 0 saturated carbocycles. The Labute approximate surface area is 106 Å². The molecule has 0 atom stereocenters. The maximum atomic E-state index is 11.3. The van der Waals surface area contributed by atoms with Crippen LogP contribution >= 0.6 is 39.7 Å². The van der Waals surface area contributed by atoms with Crippen LogP contribution in [0.2, 0.25) is 5.02 Å². The fourth-order valence-electron chi connectivity index (χ4n) is 0.937. The van der Waals surface area contributed by atoms with Crippen LogP contribution in [-0.4, -0.2) is 10.9 Å². The van der Waals surface area contributed by atoms with Crippen LogP contribution in [0.4, 0.5) is 5.69 Å². The SMILES string of the molecule is NC(=S)CC(=O)Nc1ccc(Br)c(Cl)c1. The third-order valence-corrected chi connectivity index (χ3v) is 2.91. The van der Waals surface area contributed by atoms with Crippen LogP contribution in [0.3, 0.4) is 0 Å². The lowest BCUT2D eigenvalue weighted by Crippen LogP contribution is -2.20. The van der Waals surface area contributed by atoms with Crippen molar-refractivity contribution in [2.45, 2.75) is 6.42 Å². The molecule has 0 aromatic heterocycles. The van der Waals surface area contributed by atoms with Crippen molar-refractivity contribution in [3.63, 3.8) is 0 Å². The van der Waals surface area contributed by atoms with Crippen LogP contribution in [0, 0.1) is 0 Å². The summed E-state index contributed by atoms with van der Waals surface area (Å²) in [5, 5.41) is 3.16. The van der Waals surface area contributed by atoms with Gasteiger partial charge in [-0.3, -0.25) is 4.79 Å². The van der Waals surface area contributed by atoms with Crippen LogP contribution in [0.5, 0.6) is 0 Å². The molecule has 0 heterocycles. The molecule has 0 bridgehead atoms. The van der Waals surface area contributed by atoms with Gasteiger partial charge >= 0.3 is 0 Å². The van der Waals surface area contributed by atoms with Gasteiger partial charge in [-0.25, -0.2) is 0 Å². The molecular formula is C9H8BrClN2OS. The van der Waals surface area contributed by atoms with E-state index in [1.165, 1.54) is 0 Å². The molecule has 3 nitrogen and oxygen atoms in total. The van der Waals surface area contributed by atoms with Crippen molar-refractivity contribution in [2.24, 2.45) is 5.73 Å². The van der Waals surface area contributed by atoms with Crippen LogP contribution in [0.15, 0.2) is 22.7 Å². The van der Waals surface area contributed by atoms with Crippen molar-refractivity contribution in [3.8, 4) is 0 Å². The van der Waals surface area contributed by atoms with Crippen LogP contribution in [0.25, 0.3) is 0 Å². The van der Waals surface area contributed by atoms with E-state index < -0.39 is 0 Å². The number of amides is 1. The Morgan fingerprint density at radius 3 is 2.80 bits per heavy atom. The second-order valence-electron chi connectivity index (χ2n) is 2.82. The largest absolute Gasteiger partial charge is 0.393 e. The minimum Gasteiger partial charge on any atom is -0.393 e. The number of carbonyl (C=O) groups is 1. The molecule has 6 heteroatoms. The van der Waals surface area contributed by atoms with E-state index in [-0.39, 0.29) is 17.3 Å². The van der Waals surface area contributed by atoms with Crippen molar-refractivity contribution < 1.29 is 4.79 Å². The molecule has 0 spiro atoms. The van der Waals surface area contributed by atoms with E-state index in [4.69, 9.17) is 17.3 Å². The quantitative estimate of drug-likeness (QED) is 0.844. The first-order chi connectivity index (χ1) is 6.99. The standard InChI is InChI=1S/C9H8BrClN2OS/c10-6-2-1-5(3-7(6)11)13-9(14)4-8(12)15/h1-3H,4H2,(H2,12,15)(H,13,14). The maximum absolute atomic E-state index is 11.3. The van der Waals surface area contributed by atoms with Gasteiger partial charge in [-0.1, -0.05) is 23.8 Å². The van der Waals surface area contributed by atoms with Gasteiger partial charge in [-0.2, -0.15) is 0 Å². The summed E-state index contributed by atoms with van der Waals surface area (Å²) in [5.74, 6) is -0.249. The average Bonchev–Trinajstić information content (AvgIpc) is 2.10. The molecule has 0 aliphatic carbocycles. The molecule has 0 aliphatic rings. The first kappa shape index (κ1) is 12.4. The Balaban J connectivity index is 2.69. The average molecular weight is 308 g/mol. The number of benzene rings is 1. The molecule has 80 valence electrons. The van der Waals surface area contributed by atoms with Crippen LogP contribution in [-0.2, 0) is 4.79 Å². The zero-order valence-corrected chi connectivity index (χ0v) is 10.7. The second kappa shape index (κ2) is 5.44. The fraction of sp³-hybridized carbons (Fsp3) is 0.111. The number of halogens is 2. The Hall–Kier alpha value is -0.650. The maximum Gasteiger partial charge on any atom is 0.231 e. The monoisotopic (exact) mass is 306 g/mol. The number of anilines is 1. The zero-order valence-electron chi connectivity index (χ0n) is 7.59. The molecule has 0 aliphatic heterocycles. The van der Waals surface area contributed by atoms with Gasteiger partial charge < -0.3 is 11.1 Å². The van der Waals surface area contributed by atoms with Gasteiger partial charge in [0.15, 0.2) is 0 Å². The van der Waals surface area contributed by atoms with E-state index in [0.29, 0.717) is 10.7 Å². The number of carbonyl (C=O) groups excluding carboxylic acids is 1. The van der Waals surface area contributed by atoms with E-state index in [1.807, 2.05) is 0 Å². The second-order valence-corrected chi connectivity index (χ2v) is 4.61. The minimum atomic E-state index is -0.249.